The first-order chi connectivity index (χ1) is 14.8. The van der Waals surface area contributed by atoms with Gasteiger partial charge in [0.2, 0.25) is 5.88 Å². The fourth-order valence-corrected chi connectivity index (χ4v) is 3.44. The number of benzene rings is 2. The molecule has 1 amide bonds. The number of H-pyrrole nitrogens is 1. The van der Waals surface area contributed by atoms with Gasteiger partial charge in [-0.05, 0) is 24.1 Å². The topological polar surface area (TPSA) is 95.6 Å². The monoisotopic (exact) mass is 415 g/mol. The number of para-hydroxylation sites is 1. The van der Waals surface area contributed by atoms with Crippen molar-refractivity contribution < 1.29 is 9.90 Å². The summed E-state index contributed by atoms with van der Waals surface area (Å²) in [6.07, 6.45) is 0.755. The first-order valence-corrected chi connectivity index (χ1v) is 10.2. The van der Waals surface area contributed by atoms with Crippen LogP contribution in [0.3, 0.4) is 0 Å². The molecule has 0 saturated carbocycles. The fourth-order valence-electron chi connectivity index (χ4n) is 3.44. The second kappa shape index (κ2) is 8.18. The van der Waals surface area contributed by atoms with Gasteiger partial charge in [-0.15, -0.1) is 10.2 Å². The molecule has 0 aliphatic rings. The van der Waals surface area contributed by atoms with Crippen LogP contribution in [0.15, 0.2) is 70.9 Å². The normalized spacial score (nSPS) is 12.1. The second-order valence-corrected chi connectivity index (χ2v) is 8.50. The van der Waals surface area contributed by atoms with E-state index in [0.717, 1.165) is 23.0 Å². The largest absolute Gasteiger partial charge is 0.493 e. The number of aryl methyl sites for hydroxylation is 2. The molecule has 0 fully saturated rings. The van der Waals surface area contributed by atoms with Crippen LogP contribution < -0.4 is 0 Å². The Morgan fingerprint density at radius 1 is 1.10 bits per heavy atom. The summed E-state index contributed by atoms with van der Waals surface area (Å²) in [5, 5.41) is 26.5. The van der Waals surface area contributed by atoms with Crippen LogP contribution >= 0.6 is 0 Å². The number of aromatic hydroxyl groups is 1. The van der Waals surface area contributed by atoms with Gasteiger partial charge in [-0.3, -0.25) is 9.89 Å². The molecule has 0 aliphatic carbocycles. The quantitative estimate of drug-likeness (QED) is 0.419. The molecule has 0 unspecified atom stereocenters. The van der Waals surface area contributed by atoms with E-state index in [4.69, 9.17) is 0 Å². The third-order valence-corrected chi connectivity index (χ3v) is 5.23. The van der Waals surface area contributed by atoms with Gasteiger partial charge in [-0.2, -0.15) is 5.10 Å². The van der Waals surface area contributed by atoms with Gasteiger partial charge >= 0.3 is 5.91 Å². The number of amides is 1. The molecule has 158 valence electrons. The predicted octanol–water partition coefficient (Wildman–Crippen LogP) is 5.53. The van der Waals surface area contributed by atoms with Crippen molar-refractivity contribution in [3.63, 3.8) is 0 Å². The van der Waals surface area contributed by atoms with E-state index in [1.165, 1.54) is 5.56 Å². The van der Waals surface area contributed by atoms with Crippen LogP contribution in [0.2, 0.25) is 0 Å². The molecule has 4 rings (SSSR count). The van der Waals surface area contributed by atoms with Crippen molar-refractivity contribution in [3.8, 4) is 5.88 Å². The van der Waals surface area contributed by atoms with Gasteiger partial charge in [0.1, 0.15) is 0 Å². The number of fused-ring (bicyclic) bond motifs is 1. The zero-order valence-corrected chi connectivity index (χ0v) is 17.8. The highest BCUT2D eigenvalue weighted by atomic mass is 16.3. The number of carbonyl (C=O) groups is 1. The minimum atomic E-state index is -0.563. The number of aromatic amines is 1. The summed E-state index contributed by atoms with van der Waals surface area (Å²) in [7, 11) is 0. The lowest BCUT2D eigenvalue weighted by molar-refractivity contribution is 0.0990. The van der Waals surface area contributed by atoms with E-state index in [9.17, 15) is 9.90 Å². The third kappa shape index (κ3) is 4.26. The number of hydrogen-bond acceptors (Lipinski definition) is 4. The third-order valence-electron chi connectivity index (χ3n) is 5.23. The lowest BCUT2D eigenvalue weighted by atomic mass is 9.92. The molecule has 0 atom stereocenters. The van der Waals surface area contributed by atoms with Crippen molar-refractivity contribution in [3.05, 3.63) is 77.6 Å². The van der Waals surface area contributed by atoms with Crippen molar-refractivity contribution in [2.24, 2.45) is 10.2 Å². The SMILES string of the molecule is CC(C)(C)c1cc(C(=O)N=Nc2c(O)n(CCc3ccccc3)c3ccccc23)n[nH]1. The van der Waals surface area contributed by atoms with Gasteiger partial charge < -0.3 is 9.67 Å². The Labute approximate surface area is 180 Å². The minimum absolute atomic E-state index is 0.00825. The average molecular weight is 415 g/mol. The summed E-state index contributed by atoms with van der Waals surface area (Å²) in [6, 6.07) is 19.3. The standard InChI is InChI=1S/C24H25N5O2/c1-24(2,3)20-15-18(25-26-20)22(30)28-27-21-17-11-7-8-12-19(17)29(23(21)31)14-13-16-9-5-4-6-10-16/h4-12,15,31H,13-14H2,1-3H3,(H,25,26). The predicted molar refractivity (Wildman–Crippen MR) is 120 cm³/mol. The van der Waals surface area contributed by atoms with Gasteiger partial charge in [-0.25, -0.2) is 0 Å². The number of nitrogens with one attached hydrogen (secondary N) is 1. The Kier molecular flexibility index (Phi) is 5.42. The number of azo groups is 1. The zero-order valence-electron chi connectivity index (χ0n) is 17.8. The molecule has 0 saturated heterocycles. The summed E-state index contributed by atoms with van der Waals surface area (Å²) in [5.74, 6) is -0.571. The average Bonchev–Trinajstić information content (AvgIpc) is 3.35. The highest BCUT2D eigenvalue weighted by molar-refractivity contribution is 5.96. The van der Waals surface area contributed by atoms with E-state index in [2.05, 4.69) is 32.6 Å². The summed E-state index contributed by atoms with van der Waals surface area (Å²) < 4.78 is 1.80. The van der Waals surface area contributed by atoms with E-state index in [0.29, 0.717) is 6.54 Å². The molecule has 7 nitrogen and oxygen atoms in total. The number of aromatic nitrogens is 3. The van der Waals surface area contributed by atoms with Crippen molar-refractivity contribution in [1.82, 2.24) is 14.8 Å². The van der Waals surface area contributed by atoms with E-state index in [1.807, 2.05) is 63.2 Å². The molecule has 0 bridgehead atoms. The van der Waals surface area contributed by atoms with Crippen LogP contribution in [-0.2, 0) is 18.4 Å². The van der Waals surface area contributed by atoms with Crippen LogP contribution in [0.25, 0.3) is 10.9 Å². The maximum absolute atomic E-state index is 12.5. The van der Waals surface area contributed by atoms with Crippen molar-refractivity contribution in [1.29, 1.82) is 0 Å². The number of hydrogen-bond donors (Lipinski definition) is 2. The van der Waals surface area contributed by atoms with Gasteiger partial charge in [0, 0.05) is 23.0 Å². The van der Waals surface area contributed by atoms with E-state index >= 15 is 0 Å². The molecule has 2 N–H and O–H groups in total. The Morgan fingerprint density at radius 3 is 2.52 bits per heavy atom. The molecule has 0 radical (unpaired) electrons. The molecule has 7 heteroatoms. The second-order valence-electron chi connectivity index (χ2n) is 8.50. The molecular formula is C24H25N5O2. The molecule has 4 aromatic rings. The minimum Gasteiger partial charge on any atom is -0.493 e. The van der Waals surface area contributed by atoms with Crippen molar-refractivity contribution in [2.45, 2.75) is 39.2 Å². The maximum atomic E-state index is 12.5. The molecule has 2 aromatic carbocycles. The van der Waals surface area contributed by atoms with E-state index in [-0.39, 0.29) is 22.7 Å². The summed E-state index contributed by atoms with van der Waals surface area (Å²) in [4.78, 5) is 12.5. The molecule has 2 aromatic heterocycles. The Bertz CT molecular complexity index is 1250. The van der Waals surface area contributed by atoms with Crippen molar-refractivity contribution >= 4 is 22.5 Å². The Hall–Kier alpha value is -3.74. The van der Waals surface area contributed by atoms with Gasteiger partial charge in [0.05, 0.1) is 5.52 Å². The van der Waals surface area contributed by atoms with E-state index < -0.39 is 5.91 Å². The van der Waals surface area contributed by atoms with Crippen LogP contribution in [0.5, 0.6) is 5.88 Å². The van der Waals surface area contributed by atoms with Gasteiger partial charge in [-0.1, -0.05) is 69.3 Å². The Balaban J connectivity index is 1.62. The molecule has 0 aliphatic heterocycles. The molecule has 2 heterocycles. The smallest absolute Gasteiger partial charge is 0.315 e. The summed E-state index contributed by atoms with van der Waals surface area (Å²) in [5.41, 5.74) is 3.17. The fraction of sp³-hybridized carbons (Fsp3) is 0.250. The highest BCUT2D eigenvalue weighted by Crippen LogP contribution is 2.39. The molecule has 0 spiro atoms. The van der Waals surface area contributed by atoms with Crippen LogP contribution in [0.1, 0.15) is 42.5 Å². The lowest BCUT2D eigenvalue weighted by Crippen LogP contribution is -2.11. The lowest BCUT2D eigenvalue weighted by Gasteiger charge is -2.14. The van der Waals surface area contributed by atoms with Crippen LogP contribution in [0.4, 0.5) is 5.69 Å². The van der Waals surface area contributed by atoms with Crippen molar-refractivity contribution in [2.75, 3.05) is 0 Å². The highest BCUT2D eigenvalue weighted by Gasteiger charge is 2.20. The summed E-state index contributed by atoms with van der Waals surface area (Å²) in [6.45, 7) is 6.66. The molecule has 31 heavy (non-hydrogen) atoms. The maximum Gasteiger partial charge on any atom is 0.315 e. The zero-order chi connectivity index (χ0) is 22.0. The number of nitrogens with zero attached hydrogens (tertiary/aromatic N) is 4. The Morgan fingerprint density at radius 2 is 1.81 bits per heavy atom. The summed E-state index contributed by atoms with van der Waals surface area (Å²) >= 11 is 0. The van der Waals surface area contributed by atoms with E-state index in [1.54, 1.807) is 10.6 Å². The van der Waals surface area contributed by atoms with Crippen LogP contribution in [-0.4, -0.2) is 25.8 Å². The van der Waals surface area contributed by atoms with Crippen LogP contribution in [0, 0.1) is 0 Å². The number of rotatable bonds is 5. The van der Waals surface area contributed by atoms with Gasteiger partial charge in [0.25, 0.3) is 0 Å². The first kappa shape index (κ1) is 20.5. The first-order valence-electron chi connectivity index (χ1n) is 10.2. The molecular weight excluding hydrogens is 390 g/mol. The number of carbonyl (C=O) groups excluding carboxylic acids is 1. The van der Waals surface area contributed by atoms with Gasteiger partial charge in [0.15, 0.2) is 11.4 Å².